The van der Waals surface area contributed by atoms with Gasteiger partial charge in [0.2, 0.25) is 5.71 Å². The number of aryl methyl sites for hydroxylation is 2. The van der Waals surface area contributed by atoms with Crippen molar-refractivity contribution >= 4 is 28.5 Å². The van der Waals surface area contributed by atoms with Crippen LogP contribution in [0, 0.1) is 13.8 Å². The zero-order valence-corrected chi connectivity index (χ0v) is 15.8. The molecule has 4 rings (SSSR count). The Labute approximate surface area is 158 Å². The molecule has 1 aliphatic carbocycles. The summed E-state index contributed by atoms with van der Waals surface area (Å²) in [6.45, 7) is 5.82. The number of carbonyl (C=O) groups excluding carboxylic acids is 1. The van der Waals surface area contributed by atoms with E-state index in [4.69, 9.17) is 9.15 Å². The molecule has 0 saturated heterocycles. The summed E-state index contributed by atoms with van der Waals surface area (Å²) in [7, 11) is 1.61. The molecule has 0 atom stereocenters. The molecule has 1 saturated carbocycles. The molecule has 0 aliphatic heterocycles. The summed E-state index contributed by atoms with van der Waals surface area (Å²) in [5.41, 5.74) is 2.51. The molecule has 3 aromatic rings. The van der Waals surface area contributed by atoms with Gasteiger partial charge in [0.1, 0.15) is 23.7 Å². The molecule has 0 radical (unpaired) electrons. The number of furan rings is 1. The van der Waals surface area contributed by atoms with Crippen LogP contribution in [0.5, 0.6) is 5.75 Å². The third-order valence-electron chi connectivity index (χ3n) is 4.99. The summed E-state index contributed by atoms with van der Waals surface area (Å²) >= 11 is 0. The van der Waals surface area contributed by atoms with E-state index in [1.165, 1.54) is 6.33 Å². The molecule has 142 valence electrons. The van der Waals surface area contributed by atoms with Crippen LogP contribution in [0.1, 0.15) is 42.9 Å². The smallest absolute Gasteiger partial charge is 0.260 e. The van der Waals surface area contributed by atoms with Gasteiger partial charge in [0.25, 0.3) is 5.91 Å². The maximum atomic E-state index is 13.1. The maximum absolute atomic E-state index is 13.1. The van der Waals surface area contributed by atoms with Gasteiger partial charge in [0.05, 0.1) is 18.1 Å². The fourth-order valence-electron chi connectivity index (χ4n) is 3.10. The van der Waals surface area contributed by atoms with Gasteiger partial charge in [-0.1, -0.05) is 0 Å². The molecule has 0 unspecified atom stereocenters. The fraction of sp³-hybridized carbons (Fsp3) is 0.350. The Morgan fingerprint density at radius 3 is 2.74 bits per heavy atom. The molecular formula is C20H24N4O3. The van der Waals surface area contributed by atoms with Crippen LogP contribution in [0.3, 0.4) is 0 Å². The van der Waals surface area contributed by atoms with Crippen LogP contribution < -0.4 is 15.4 Å². The number of ether oxygens (including phenoxy) is 1. The predicted octanol–water partition coefficient (Wildman–Crippen LogP) is 4.31. The van der Waals surface area contributed by atoms with Gasteiger partial charge in [-0.2, -0.15) is 0 Å². The van der Waals surface area contributed by atoms with Crippen LogP contribution in [-0.4, -0.2) is 28.5 Å². The number of methoxy groups -OCH3 is 1. The lowest BCUT2D eigenvalue weighted by molar-refractivity contribution is 0.102. The van der Waals surface area contributed by atoms with Gasteiger partial charge in [-0.05, 0) is 57.4 Å². The molecule has 0 bridgehead atoms. The maximum Gasteiger partial charge on any atom is 0.260 e. The standard InChI is InChI=1S/C20H22N4O3.H2/c1-11-9-13(26-4)5-6-14(11)23-18(25)15-12(2)27-19-16(15)17(21-10-22-19)24-20(3)7-8-20;/h5-6,9-10H,7-8H2,1-4H3,(H,23,25)(H,21,22,24);1H. The van der Waals surface area contributed by atoms with Crippen molar-refractivity contribution < 1.29 is 15.4 Å². The number of nitrogens with one attached hydrogen (secondary N) is 2. The van der Waals surface area contributed by atoms with E-state index < -0.39 is 0 Å². The Hall–Kier alpha value is -3.09. The van der Waals surface area contributed by atoms with Gasteiger partial charge in [0.15, 0.2) is 0 Å². The summed E-state index contributed by atoms with van der Waals surface area (Å²) in [4.78, 5) is 21.6. The molecule has 1 aromatic carbocycles. The number of benzene rings is 1. The second kappa shape index (κ2) is 6.26. The molecule has 0 spiro atoms. The van der Waals surface area contributed by atoms with Crippen molar-refractivity contribution in [2.24, 2.45) is 0 Å². The number of hydrogen-bond donors (Lipinski definition) is 2. The van der Waals surface area contributed by atoms with E-state index in [9.17, 15) is 4.79 Å². The first-order valence-electron chi connectivity index (χ1n) is 8.88. The first-order valence-corrected chi connectivity index (χ1v) is 8.88. The largest absolute Gasteiger partial charge is 0.497 e. The van der Waals surface area contributed by atoms with Crippen LogP contribution >= 0.6 is 0 Å². The monoisotopic (exact) mass is 368 g/mol. The van der Waals surface area contributed by atoms with E-state index in [1.54, 1.807) is 14.0 Å². The number of rotatable bonds is 5. The zero-order chi connectivity index (χ0) is 19.2. The lowest BCUT2D eigenvalue weighted by Crippen LogP contribution is -2.18. The van der Waals surface area contributed by atoms with Crippen LogP contribution in [0.15, 0.2) is 28.9 Å². The summed E-state index contributed by atoms with van der Waals surface area (Å²) in [6, 6.07) is 5.51. The number of fused-ring (bicyclic) bond motifs is 1. The highest BCUT2D eigenvalue weighted by Crippen LogP contribution is 2.40. The zero-order valence-electron chi connectivity index (χ0n) is 15.8. The van der Waals surface area contributed by atoms with E-state index in [1.807, 2.05) is 25.1 Å². The van der Waals surface area contributed by atoms with Gasteiger partial charge >= 0.3 is 0 Å². The van der Waals surface area contributed by atoms with Crippen LogP contribution in [0.2, 0.25) is 0 Å². The SMILES string of the molecule is COc1ccc(NC(=O)c2c(C)oc3ncnc(NC4(C)CC4)c23)c(C)c1.[HH]. The molecular weight excluding hydrogens is 344 g/mol. The number of nitrogens with zero attached hydrogens (tertiary/aromatic N) is 2. The number of carbonyl (C=O) groups is 1. The molecule has 1 amide bonds. The second-order valence-electron chi connectivity index (χ2n) is 7.26. The fourth-order valence-corrected chi connectivity index (χ4v) is 3.10. The van der Waals surface area contributed by atoms with E-state index in [2.05, 4.69) is 27.5 Å². The molecule has 2 heterocycles. The molecule has 1 fully saturated rings. The third kappa shape index (κ3) is 3.20. The Morgan fingerprint density at radius 1 is 1.30 bits per heavy atom. The molecule has 7 nitrogen and oxygen atoms in total. The van der Waals surface area contributed by atoms with Crippen molar-refractivity contribution in [3.05, 3.63) is 41.4 Å². The van der Waals surface area contributed by atoms with E-state index >= 15 is 0 Å². The highest BCUT2D eigenvalue weighted by molar-refractivity contribution is 6.15. The van der Waals surface area contributed by atoms with Crippen molar-refractivity contribution in [2.75, 3.05) is 17.7 Å². The van der Waals surface area contributed by atoms with E-state index in [0.717, 1.165) is 29.8 Å². The average Bonchev–Trinajstić information content (AvgIpc) is 3.24. The van der Waals surface area contributed by atoms with Crippen molar-refractivity contribution in [1.82, 2.24) is 9.97 Å². The van der Waals surface area contributed by atoms with Gasteiger partial charge in [-0.3, -0.25) is 4.79 Å². The topological polar surface area (TPSA) is 89.3 Å². The first-order chi connectivity index (χ1) is 12.9. The van der Waals surface area contributed by atoms with Crippen molar-refractivity contribution in [1.29, 1.82) is 0 Å². The van der Waals surface area contributed by atoms with Crippen molar-refractivity contribution in [3.63, 3.8) is 0 Å². The highest BCUT2D eigenvalue weighted by Gasteiger charge is 2.38. The summed E-state index contributed by atoms with van der Waals surface area (Å²) in [5, 5.41) is 7.01. The summed E-state index contributed by atoms with van der Waals surface area (Å²) in [6.07, 6.45) is 3.60. The lowest BCUT2D eigenvalue weighted by atomic mass is 10.1. The molecule has 7 heteroatoms. The lowest BCUT2D eigenvalue weighted by Gasteiger charge is -2.13. The van der Waals surface area contributed by atoms with E-state index in [0.29, 0.717) is 28.2 Å². The number of hydrogen-bond acceptors (Lipinski definition) is 6. The van der Waals surface area contributed by atoms with Gasteiger partial charge in [-0.25, -0.2) is 9.97 Å². The van der Waals surface area contributed by atoms with Crippen molar-refractivity contribution in [2.45, 2.75) is 39.2 Å². The van der Waals surface area contributed by atoms with Gasteiger partial charge < -0.3 is 19.8 Å². The Balaban J connectivity index is 0.00000225. The Bertz CT molecular complexity index is 1040. The summed E-state index contributed by atoms with van der Waals surface area (Å²) < 4.78 is 10.9. The Kier molecular flexibility index (Phi) is 4.02. The first kappa shape index (κ1) is 17.3. The van der Waals surface area contributed by atoms with Gasteiger partial charge in [-0.15, -0.1) is 0 Å². The van der Waals surface area contributed by atoms with Crippen LogP contribution in [0.25, 0.3) is 11.1 Å². The minimum atomic E-state index is -0.252. The van der Waals surface area contributed by atoms with Crippen molar-refractivity contribution in [3.8, 4) is 5.75 Å². The van der Waals surface area contributed by atoms with E-state index in [-0.39, 0.29) is 12.9 Å². The third-order valence-corrected chi connectivity index (χ3v) is 4.99. The van der Waals surface area contributed by atoms with Crippen LogP contribution in [0.4, 0.5) is 11.5 Å². The number of aromatic nitrogens is 2. The van der Waals surface area contributed by atoms with Gasteiger partial charge in [0, 0.05) is 12.7 Å². The molecule has 27 heavy (non-hydrogen) atoms. The van der Waals surface area contributed by atoms with Crippen LogP contribution in [-0.2, 0) is 0 Å². The predicted molar refractivity (Wildman–Crippen MR) is 106 cm³/mol. The minimum Gasteiger partial charge on any atom is -0.497 e. The average molecular weight is 368 g/mol. The summed E-state index contributed by atoms with van der Waals surface area (Å²) in [5.74, 6) is 1.64. The highest BCUT2D eigenvalue weighted by atomic mass is 16.5. The Morgan fingerprint density at radius 2 is 2.07 bits per heavy atom. The minimum absolute atomic E-state index is 0. The number of amides is 1. The molecule has 2 N–H and O–H groups in total. The molecule has 1 aliphatic rings. The second-order valence-corrected chi connectivity index (χ2v) is 7.26. The normalized spacial score (nSPS) is 14.8. The number of anilines is 2. The quantitative estimate of drug-likeness (QED) is 0.697. The molecule has 2 aromatic heterocycles.